The molecule has 3 heteroatoms. The summed E-state index contributed by atoms with van der Waals surface area (Å²) >= 11 is 0. The highest BCUT2D eigenvalue weighted by atomic mass is 16.1. The van der Waals surface area contributed by atoms with Crippen LogP contribution < -0.4 is 0 Å². The molecule has 16 heavy (non-hydrogen) atoms. The third-order valence-corrected chi connectivity index (χ3v) is 2.30. The number of carbonyl (C=O) groups is 1. The van der Waals surface area contributed by atoms with Gasteiger partial charge in [-0.3, -0.25) is 9.79 Å². The summed E-state index contributed by atoms with van der Waals surface area (Å²) in [6, 6.07) is 11.5. The number of rotatable bonds is 3. The van der Waals surface area contributed by atoms with Crippen molar-refractivity contribution >= 4 is 18.2 Å². The Morgan fingerprint density at radius 2 is 2.00 bits per heavy atom. The molecular weight excluding hydrogens is 200 g/mol. The quantitative estimate of drug-likeness (QED) is 0.568. The van der Waals surface area contributed by atoms with E-state index in [1.165, 1.54) is 0 Å². The summed E-state index contributed by atoms with van der Waals surface area (Å²) in [5.74, 6) is 0. The number of hydrogen-bond acceptors (Lipinski definition) is 2. The van der Waals surface area contributed by atoms with Crippen molar-refractivity contribution in [1.29, 1.82) is 0 Å². The molecule has 2 rings (SSSR count). The second-order valence-corrected chi connectivity index (χ2v) is 3.52. The fourth-order valence-corrected chi connectivity index (χ4v) is 1.46. The molecule has 0 radical (unpaired) electrons. The third-order valence-electron chi connectivity index (χ3n) is 2.30. The second kappa shape index (κ2) is 4.57. The molecule has 3 nitrogen and oxygen atoms in total. The van der Waals surface area contributed by atoms with Gasteiger partial charge in [-0.2, -0.15) is 0 Å². The van der Waals surface area contributed by atoms with Gasteiger partial charge in [0.25, 0.3) is 0 Å². The van der Waals surface area contributed by atoms with Crippen LogP contribution in [-0.4, -0.2) is 17.1 Å². The molecule has 0 aliphatic heterocycles. The zero-order valence-corrected chi connectivity index (χ0v) is 9.00. The highest BCUT2D eigenvalue weighted by Gasteiger charge is 1.98. The first kappa shape index (κ1) is 10.4. The van der Waals surface area contributed by atoms with Crippen molar-refractivity contribution in [3.63, 3.8) is 0 Å². The van der Waals surface area contributed by atoms with Crippen LogP contribution in [0.15, 0.2) is 47.6 Å². The van der Waals surface area contributed by atoms with Crippen LogP contribution in [0, 0.1) is 0 Å². The Kier molecular flexibility index (Phi) is 2.96. The maximum Gasteiger partial charge on any atom is 0.151 e. The van der Waals surface area contributed by atoms with Gasteiger partial charge in [0.2, 0.25) is 0 Å². The molecule has 0 atom stereocenters. The van der Waals surface area contributed by atoms with Crippen LogP contribution in [0.2, 0.25) is 0 Å². The first-order chi connectivity index (χ1) is 7.79. The molecule has 1 aromatic heterocycles. The normalized spacial score (nSPS) is 10.8. The van der Waals surface area contributed by atoms with Crippen molar-refractivity contribution in [2.24, 2.45) is 12.0 Å². The zero-order valence-electron chi connectivity index (χ0n) is 9.00. The first-order valence-electron chi connectivity index (χ1n) is 5.00. The Labute approximate surface area is 94.1 Å². The fourth-order valence-electron chi connectivity index (χ4n) is 1.46. The van der Waals surface area contributed by atoms with Crippen LogP contribution in [0.4, 0.5) is 5.69 Å². The Morgan fingerprint density at radius 1 is 1.25 bits per heavy atom. The summed E-state index contributed by atoms with van der Waals surface area (Å²) in [5, 5.41) is 0. The molecule has 1 aromatic carbocycles. The van der Waals surface area contributed by atoms with Gasteiger partial charge in [0, 0.05) is 18.8 Å². The summed E-state index contributed by atoms with van der Waals surface area (Å²) in [6.07, 6.45) is 4.36. The largest absolute Gasteiger partial charge is 0.349 e. The molecule has 0 fully saturated rings. The van der Waals surface area contributed by atoms with E-state index in [4.69, 9.17) is 0 Å². The molecule has 0 N–H and O–H groups in total. The lowest BCUT2D eigenvalue weighted by Gasteiger charge is -1.95. The number of aryl methyl sites for hydroxylation is 1. The van der Waals surface area contributed by atoms with Gasteiger partial charge in [-0.1, -0.05) is 18.2 Å². The summed E-state index contributed by atoms with van der Waals surface area (Å²) < 4.78 is 1.87. The van der Waals surface area contributed by atoms with Gasteiger partial charge in [-0.05, 0) is 18.2 Å². The smallest absolute Gasteiger partial charge is 0.151 e. The molecule has 0 bridgehead atoms. The van der Waals surface area contributed by atoms with Crippen LogP contribution in [0.25, 0.3) is 0 Å². The van der Waals surface area contributed by atoms with E-state index in [-0.39, 0.29) is 0 Å². The Hall–Kier alpha value is -2.16. The first-order valence-corrected chi connectivity index (χ1v) is 5.00. The minimum absolute atomic E-state index is 0.664. The van der Waals surface area contributed by atoms with E-state index in [0.29, 0.717) is 5.56 Å². The molecule has 0 saturated carbocycles. The summed E-state index contributed by atoms with van der Waals surface area (Å²) in [6.45, 7) is 0. The average molecular weight is 212 g/mol. The van der Waals surface area contributed by atoms with Gasteiger partial charge in [0.05, 0.1) is 17.6 Å². The van der Waals surface area contributed by atoms with Crippen molar-refractivity contribution in [2.75, 3.05) is 0 Å². The van der Waals surface area contributed by atoms with Gasteiger partial charge in [-0.15, -0.1) is 0 Å². The Balaban J connectivity index is 2.23. The highest BCUT2D eigenvalue weighted by molar-refractivity contribution is 5.84. The van der Waals surface area contributed by atoms with Gasteiger partial charge in [-0.25, -0.2) is 0 Å². The van der Waals surface area contributed by atoms with E-state index in [2.05, 4.69) is 4.99 Å². The van der Waals surface area contributed by atoms with Crippen LogP contribution >= 0.6 is 0 Å². The van der Waals surface area contributed by atoms with Crippen LogP contribution in [0.1, 0.15) is 16.1 Å². The van der Waals surface area contributed by atoms with Gasteiger partial charge in [0.1, 0.15) is 0 Å². The number of para-hydroxylation sites is 1. The molecule has 0 unspecified atom stereocenters. The van der Waals surface area contributed by atoms with Crippen molar-refractivity contribution in [1.82, 2.24) is 4.57 Å². The molecule has 80 valence electrons. The topological polar surface area (TPSA) is 34.4 Å². The van der Waals surface area contributed by atoms with Crippen molar-refractivity contribution in [2.45, 2.75) is 0 Å². The van der Waals surface area contributed by atoms with Crippen molar-refractivity contribution in [3.05, 3.63) is 53.9 Å². The van der Waals surface area contributed by atoms with E-state index in [0.717, 1.165) is 17.7 Å². The van der Waals surface area contributed by atoms with Gasteiger partial charge in [0.15, 0.2) is 6.29 Å². The number of benzene rings is 1. The predicted octanol–water partition coefficient (Wildman–Crippen LogP) is 2.59. The summed E-state index contributed by atoms with van der Waals surface area (Å²) in [5.41, 5.74) is 2.47. The lowest BCUT2D eigenvalue weighted by Crippen LogP contribution is -1.91. The number of aliphatic imine (C=N–C) groups is 1. The number of aldehydes is 1. The lowest BCUT2D eigenvalue weighted by atomic mass is 10.3. The van der Waals surface area contributed by atoms with Gasteiger partial charge >= 0.3 is 0 Å². The van der Waals surface area contributed by atoms with Crippen LogP contribution in [-0.2, 0) is 7.05 Å². The number of hydrogen-bond donors (Lipinski definition) is 0. The average Bonchev–Trinajstić information content (AvgIpc) is 2.69. The highest BCUT2D eigenvalue weighted by Crippen LogP contribution is 2.10. The molecule has 0 aliphatic carbocycles. The zero-order chi connectivity index (χ0) is 11.4. The van der Waals surface area contributed by atoms with Gasteiger partial charge < -0.3 is 4.57 Å². The molecule has 0 spiro atoms. The maximum absolute atomic E-state index is 10.6. The summed E-state index contributed by atoms with van der Waals surface area (Å²) in [7, 11) is 1.89. The van der Waals surface area contributed by atoms with Crippen LogP contribution in [0.3, 0.4) is 0 Å². The minimum atomic E-state index is 0.664. The SMILES string of the molecule is Cn1cc(C=O)cc1C=Nc1ccccc1. The maximum atomic E-state index is 10.6. The lowest BCUT2D eigenvalue weighted by molar-refractivity contribution is 0.112. The summed E-state index contributed by atoms with van der Waals surface area (Å²) in [4.78, 5) is 14.9. The van der Waals surface area contributed by atoms with Crippen LogP contribution in [0.5, 0.6) is 0 Å². The van der Waals surface area contributed by atoms with E-state index in [9.17, 15) is 4.79 Å². The second-order valence-electron chi connectivity index (χ2n) is 3.52. The van der Waals surface area contributed by atoms with E-state index in [1.807, 2.05) is 41.9 Å². The monoisotopic (exact) mass is 212 g/mol. The molecule has 1 heterocycles. The molecule has 0 saturated heterocycles. The Bertz CT molecular complexity index is 512. The van der Waals surface area contributed by atoms with Crippen molar-refractivity contribution in [3.8, 4) is 0 Å². The van der Waals surface area contributed by atoms with E-state index < -0.39 is 0 Å². The number of aromatic nitrogens is 1. The van der Waals surface area contributed by atoms with E-state index in [1.54, 1.807) is 18.5 Å². The van der Waals surface area contributed by atoms with Crippen molar-refractivity contribution < 1.29 is 4.79 Å². The Morgan fingerprint density at radius 3 is 2.62 bits per heavy atom. The van der Waals surface area contributed by atoms with E-state index >= 15 is 0 Å². The minimum Gasteiger partial charge on any atom is -0.349 e. The fraction of sp³-hybridized carbons (Fsp3) is 0.0769. The molecular formula is C13H12N2O. The molecule has 0 aliphatic rings. The standard InChI is InChI=1S/C13H12N2O/c1-15-9-11(10-16)7-13(15)8-14-12-5-3-2-4-6-12/h2-10H,1H3. The number of carbonyl (C=O) groups excluding carboxylic acids is 1. The third kappa shape index (κ3) is 2.25. The molecule has 2 aromatic rings. The molecule has 0 amide bonds. The number of nitrogens with zero attached hydrogens (tertiary/aromatic N) is 2. The predicted molar refractivity (Wildman–Crippen MR) is 64.5 cm³/mol.